The first-order chi connectivity index (χ1) is 10.5. The van der Waals surface area contributed by atoms with Gasteiger partial charge in [0.15, 0.2) is 0 Å². The molecule has 0 saturated carbocycles. The van der Waals surface area contributed by atoms with Crippen LogP contribution >= 0.6 is 0 Å². The van der Waals surface area contributed by atoms with E-state index in [2.05, 4.69) is 15.5 Å². The molecule has 0 unspecified atom stereocenters. The smallest absolute Gasteiger partial charge is 0.272 e. The van der Waals surface area contributed by atoms with Crippen LogP contribution in [0, 0.1) is 10.1 Å². The maximum atomic E-state index is 11.6. The average molecular weight is 300 g/mol. The molecule has 22 heavy (non-hydrogen) atoms. The minimum Gasteiger partial charge on any atom is -0.872 e. The number of nitro benzene ring substituents is 1. The van der Waals surface area contributed by atoms with Crippen molar-refractivity contribution in [3.8, 4) is 11.5 Å². The molecule has 0 fully saturated rings. The second-order valence-corrected chi connectivity index (χ2v) is 4.06. The van der Waals surface area contributed by atoms with Crippen molar-refractivity contribution in [1.29, 1.82) is 0 Å². The van der Waals surface area contributed by atoms with Gasteiger partial charge in [-0.05, 0) is 23.4 Å². The molecule has 0 aliphatic carbocycles. The summed E-state index contributed by atoms with van der Waals surface area (Å²) in [5, 5.41) is 36.9. The quantitative estimate of drug-likeness (QED) is 0.474. The Morgan fingerprint density at radius 3 is 2.73 bits per heavy atom. The lowest BCUT2D eigenvalue weighted by molar-refractivity contribution is -0.398. The number of hydrazone groups is 1. The molecule has 0 saturated heterocycles. The van der Waals surface area contributed by atoms with E-state index in [1.165, 1.54) is 18.5 Å². The largest absolute Gasteiger partial charge is 0.872 e. The van der Waals surface area contributed by atoms with E-state index in [-0.39, 0.29) is 11.1 Å². The van der Waals surface area contributed by atoms with E-state index in [0.29, 0.717) is 6.07 Å². The molecule has 0 aliphatic rings. The number of pyridine rings is 1. The molecule has 1 aromatic heterocycles. The second kappa shape index (κ2) is 6.31. The van der Waals surface area contributed by atoms with Crippen molar-refractivity contribution < 1.29 is 19.9 Å². The first kappa shape index (κ1) is 14.9. The maximum absolute atomic E-state index is 11.6. The summed E-state index contributed by atoms with van der Waals surface area (Å²) in [6.45, 7) is 0. The van der Waals surface area contributed by atoms with Crippen LogP contribution in [0.5, 0.6) is 11.5 Å². The predicted molar refractivity (Wildman–Crippen MR) is 71.3 cm³/mol. The molecule has 1 heterocycles. The van der Waals surface area contributed by atoms with E-state index in [0.717, 1.165) is 12.3 Å². The van der Waals surface area contributed by atoms with Gasteiger partial charge in [-0.15, -0.1) is 5.75 Å². The molecule has 1 N–H and O–H groups in total. The van der Waals surface area contributed by atoms with Gasteiger partial charge in [0.05, 0.1) is 16.7 Å². The number of aromatic nitrogens is 1. The Bertz CT molecular complexity index is 746. The minimum atomic E-state index is -0.980. The zero-order chi connectivity index (χ0) is 16.1. The summed E-state index contributed by atoms with van der Waals surface area (Å²) in [4.78, 5) is 25.1. The Morgan fingerprint density at radius 2 is 2.09 bits per heavy atom. The minimum absolute atomic E-state index is 0.183. The number of rotatable bonds is 4. The number of amides is 1. The number of carbonyl (C=O) groups excluding carboxylic acids is 1. The van der Waals surface area contributed by atoms with Gasteiger partial charge in [0, 0.05) is 18.5 Å². The third-order valence-electron chi connectivity index (χ3n) is 2.58. The Morgan fingerprint density at radius 1 is 1.32 bits per heavy atom. The van der Waals surface area contributed by atoms with Crippen LogP contribution in [0.3, 0.4) is 0 Å². The van der Waals surface area contributed by atoms with Gasteiger partial charge in [-0.3, -0.25) is 19.9 Å². The van der Waals surface area contributed by atoms with Crippen molar-refractivity contribution >= 4 is 17.8 Å². The predicted octanol–water partition coefficient (Wildman–Crippen LogP) is -0.0991. The zero-order valence-corrected chi connectivity index (χ0v) is 10.9. The first-order valence-corrected chi connectivity index (χ1v) is 5.89. The second-order valence-electron chi connectivity index (χ2n) is 4.06. The van der Waals surface area contributed by atoms with Crippen molar-refractivity contribution in [3.05, 3.63) is 57.9 Å². The van der Waals surface area contributed by atoms with Crippen LogP contribution in [0.1, 0.15) is 15.9 Å². The summed E-state index contributed by atoms with van der Waals surface area (Å²) < 4.78 is 0. The van der Waals surface area contributed by atoms with Crippen LogP contribution in [0.4, 0.5) is 5.69 Å². The zero-order valence-electron chi connectivity index (χ0n) is 10.9. The molecule has 0 aliphatic heterocycles. The fourth-order valence-corrected chi connectivity index (χ4v) is 1.53. The molecule has 2 rings (SSSR count). The van der Waals surface area contributed by atoms with E-state index in [1.54, 1.807) is 6.07 Å². The van der Waals surface area contributed by atoms with Crippen molar-refractivity contribution in [2.75, 3.05) is 0 Å². The monoisotopic (exact) mass is 300 g/mol. The SMILES string of the molecule is O=C(N/N=C\c1cc([N+](=O)[O-])c([O-])cc1[O-])c1cccnc1. The summed E-state index contributed by atoms with van der Waals surface area (Å²) in [5.41, 5.74) is 1.48. The molecule has 0 radical (unpaired) electrons. The standard InChI is InChI=1S/C13H10N4O5/c18-11-5-12(19)10(17(21)22)4-9(11)7-15-16-13(20)8-2-1-3-14-6-8/h1-7,18-19H,(H,16,20)/p-2/b15-7-. The van der Waals surface area contributed by atoms with Crippen molar-refractivity contribution in [2.24, 2.45) is 5.10 Å². The lowest BCUT2D eigenvalue weighted by Crippen LogP contribution is -2.17. The number of benzene rings is 1. The molecule has 1 aromatic carbocycles. The number of hydrogen-bond donors (Lipinski definition) is 1. The molecule has 2 aromatic rings. The van der Waals surface area contributed by atoms with Crippen LogP contribution in [0.2, 0.25) is 0 Å². The van der Waals surface area contributed by atoms with Gasteiger partial charge >= 0.3 is 0 Å². The molecular weight excluding hydrogens is 292 g/mol. The highest BCUT2D eigenvalue weighted by Gasteiger charge is 2.08. The highest BCUT2D eigenvalue weighted by atomic mass is 16.6. The molecule has 0 atom stereocenters. The Balaban J connectivity index is 2.15. The van der Waals surface area contributed by atoms with Crippen molar-refractivity contribution in [3.63, 3.8) is 0 Å². The number of hydrogen-bond acceptors (Lipinski definition) is 7. The number of nitrogens with zero attached hydrogens (tertiary/aromatic N) is 3. The van der Waals surface area contributed by atoms with Crippen LogP contribution in [0.15, 0.2) is 41.8 Å². The third kappa shape index (κ3) is 3.33. The van der Waals surface area contributed by atoms with Gasteiger partial charge in [-0.1, -0.05) is 6.07 Å². The topological polar surface area (TPSA) is 144 Å². The lowest BCUT2D eigenvalue weighted by Gasteiger charge is -2.15. The normalized spacial score (nSPS) is 10.5. The molecule has 0 bridgehead atoms. The molecule has 9 heteroatoms. The van der Waals surface area contributed by atoms with Gasteiger partial charge in [0.2, 0.25) is 0 Å². The van der Waals surface area contributed by atoms with Crippen LogP contribution in [0.25, 0.3) is 0 Å². The van der Waals surface area contributed by atoms with Crippen LogP contribution in [-0.2, 0) is 0 Å². The Kier molecular flexibility index (Phi) is 4.27. The van der Waals surface area contributed by atoms with E-state index in [4.69, 9.17) is 0 Å². The van der Waals surface area contributed by atoms with Crippen LogP contribution in [-0.4, -0.2) is 22.0 Å². The molecular formula is C13H8N4O5-2. The number of carbonyl (C=O) groups is 1. The fraction of sp³-hybridized carbons (Fsp3) is 0. The van der Waals surface area contributed by atoms with E-state index in [1.807, 2.05) is 0 Å². The van der Waals surface area contributed by atoms with Gasteiger partial charge < -0.3 is 10.2 Å². The number of nitrogens with one attached hydrogen (secondary N) is 1. The summed E-state index contributed by atoms with van der Waals surface area (Å²) in [6, 6.07) is 4.48. The van der Waals surface area contributed by atoms with Gasteiger partial charge in [0.1, 0.15) is 0 Å². The Hall–Kier alpha value is -3.49. The van der Waals surface area contributed by atoms with E-state index < -0.39 is 28.0 Å². The van der Waals surface area contributed by atoms with Crippen LogP contribution < -0.4 is 15.6 Å². The lowest BCUT2D eigenvalue weighted by atomic mass is 10.2. The first-order valence-electron chi connectivity index (χ1n) is 5.89. The molecule has 1 amide bonds. The summed E-state index contributed by atoms with van der Waals surface area (Å²) >= 11 is 0. The molecule has 112 valence electrons. The number of nitro groups is 1. The summed E-state index contributed by atoms with van der Waals surface area (Å²) in [5.74, 6) is -2.27. The highest BCUT2D eigenvalue weighted by Crippen LogP contribution is 2.28. The van der Waals surface area contributed by atoms with Crippen molar-refractivity contribution in [2.45, 2.75) is 0 Å². The summed E-state index contributed by atoms with van der Waals surface area (Å²) in [7, 11) is 0. The summed E-state index contributed by atoms with van der Waals surface area (Å²) in [6.07, 6.45) is 3.75. The van der Waals surface area contributed by atoms with Crippen molar-refractivity contribution in [1.82, 2.24) is 10.4 Å². The fourth-order valence-electron chi connectivity index (χ4n) is 1.53. The maximum Gasteiger partial charge on any atom is 0.272 e. The van der Waals surface area contributed by atoms with Gasteiger partial charge in [-0.2, -0.15) is 5.10 Å². The van der Waals surface area contributed by atoms with E-state index in [9.17, 15) is 25.1 Å². The average Bonchev–Trinajstić information content (AvgIpc) is 2.49. The van der Waals surface area contributed by atoms with Gasteiger partial charge in [0.25, 0.3) is 11.6 Å². The van der Waals surface area contributed by atoms with E-state index >= 15 is 0 Å². The molecule has 0 spiro atoms. The van der Waals surface area contributed by atoms with Gasteiger partial charge in [-0.25, -0.2) is 5.43 Å². The Labute approximate surface area is 123 Å². The highest BCUT2D eigenvalue weighted by molar-refractivity contribution is 5.94. The molecule has 9 nitrogen and oxygen atoms in total. The third-order valence-corrected chi connectivity index (χ3v) is 2.58.